The van der Waals surface area contributed by atoms with E-state index in [9.17, 15) is 9.59 Å². The molecule has 0 radical (unpaired) electrons. The van der Waals surface area contributed by atoms with Crippen molar-refractivity contribution in [1.82, 2.24) is 4.90 Å². The number of esters is 1. The summed E-state index contributed by atoms with van der Waals surface area (Å²) in [7, 11) is 2.94. The van der Waals surface area contributed by atoms with Gasteiger partial charge in [-0.1, -0.05) is 38.1 Å². The molecule has 0 saturated heterocycles. The van der Waals surface area contributed by atoms with Crippen molar-refractivity contribution in [3.63, 3.8) is 0 Å². The van der Waals surface area contributed by atoms with Gasteiger partial charge in [0.05, 0.1) is 14.2 Å². The molecule has 1 aliphatic heterocycles. The maximum absolute atomic E-state index is 12.2. The van der Waals surface area contributed by atoms with Crippen molar-refractivity contribution in [1.29, 1.82) is 0 Å². The molecule has 5 nitrogen and oxygen atoms in total. The van der Waals surface area contributed by atoms with Crippen LogP contribution in [0, 0.1) is 0 Å². The molecular formula is C18H25NO4. The second-order valence-electron chi connectivity index (χ2n) is 4.82. The number of carbonyl (C=O) groups excluding carboxylic acids is 2. The number of ether oxygens (including phenoxy) is 2. The van der Waals surface area contributed by atoms with Crippen LogP contribution in [0.2, 0.25) is 0 Å². The zero-order valence-electron chi connectivity index (χ0n) is 14.2. The van der Waals surface area contributed by atoms with Crippen molar-refractivity contribution in [2.24, 2.45) is 0 Å². The molecule has 1 heterocycles. The molecule has 0 aromatic heterocycles. The number of amides is 1. The molecular weight excluding hydrogens is 294 g/mol. The Hall–Kier alpha value is -2.30. The highest BCUT2D eigenvalue weighted by Crippen LogP contribution is 2.19. The molecule has 0 fully saturated rings. The number of carbonyl (C=O) groups is 2. The first-order chi connectivity index (χ1) is 11.2. The van der Waals surface area contributed by atoms with Gasteiger partial charge in [0.15, 0.2) is 0 Å². The summed E-state index contributed by atoms with van der Waals surface area (Å²) >= 11 is 0. The first-order valence-electron chi connectivity index (χ1n) is 7.81. The summed E-state index contributed by atoms with van der Waals surface area (Å²) in [6, 6.07) is 6.88. The Labute approximate surface area is 137 Å². The summed E-state index contributed by atoms with van der Waals surface area (Å²) < 4.78 is 9.92. The maximum atomic E-state index is 12.2. The van der Waals surface area contributed by atoms with E-state index in [4.69, 9.17) is 9.47 Å². The molecule has 0 aliphatic carbocycles. The number of nitrogens with zero attached hydrogens (tertiary/aromatic N) is 1. The third-order valence-electron chi connectivity index (χ3n) is 3.50. The van der Waals surface area contributed by atoms with Crippen LogP contribution in [-0.4, -0.2) is 37.0 Å². The van der Waals surface area contributed by atoms with Crippen LogP contribution in [0.15, 0.2) is 36.4 Å². The van der Waals surface area contributed by atoms with Gasteiger partial charge in [-0.05, 0) is 24.1 Å². The molecule has 0 spiro atoms. The first kappa shape index (κ1) is 18.7. The van der Waals surface area contributed by atoms with Crippen LogP contribution in [0.1, 0.15) is 32.3 Å². The van der Waals surface area contributed by atoms with Crippen LogP contribution < -0.4 is 4.74 Å². The van der Waals surface area contributed by atoms with E-state index >= 15 is 0 Å². The molecule has 1 amide bonds. The first-order valence-corrected chi connectivity index (χ1v) is 7.81. The average molecular weight is 319 g/mol. The molecule has 1 aliphatic rings. The van der Waals surface area contributed by atoms with Gasteiger partial charge in [0, 0.05) is 13.0 Å². The number of benzene rings is 1. The van der Waals surface area contributed by atoms with Crippen LogP contribution in [-0.2, 0) is 20.9 Å². The predicted octanol–water partition coefficient (Wildman–Crippen LogP) is 2.94. The molecule has 1 aromatic rings. The third kappa shape index (κ3) is 5.13. The van der Waals surface area contributed by atoms with Gasteiger partial charge in [0.2, 0.25) is 5.91 Å². The minimum Gasteiger partial charge on any atom is -0.497 e. The van der Waals surface area contributed by atoms with E-state index in [0.29, 0.717) is 19.4 Å². The van der Waals surface area contributed by atoms with Gasteiger partial charge in [-0.2, -0.15) is 0 Å². The molecule has 0 saturated carbocycles. The van der Waals surface area contributed by atoms with Gasteiger partial charge in [0.1, 0.15) is 11.8 Å². The number of hydrogen-bond acceptors (Lipinski definition) is 4. The fourth-order valence-electron chi connectivity index (χ4n) is 2.31. The Balaban J connectivity index is 0.00000127. The van der Waals surface area contributed by atoms with Gasteiger partial charge in [-0.15, -0.1) is 0 Å². The van der Waals surface area contributed by atoms with Crippen LogP contribution in [0.3, 0.4) is 0 Å². The van der Waals surface area contributed by atoms with Crippen LogP contribution in [0.25, 0.3) is 0 Å². The zero-order valence-corrected chi connectivity index (χ0v) is 14.2. The SMILES string of the molecule is CC.COC(=O)[C@H]1CC=CCC(=O)N1Cc1ccc(OC)cc1. The number of rotatable bonds is 4. The minimum absolute atomic E-state index is 0.0741. The standard InChI is InChI=1S/C16H19NO4.C2H6/c1-20-13-9-7-12(8-10-13)11-17-14(16(19)21-2)5-3-4-6-15(17)18;1-2/h3-4,7-10,14H,5-6,11H2,1-2H3;1-2H3/t14-;/m1./s1. The van der Waals surface area contributed by atoms with E-state index < -0.39 is 6.04 Å². The van der Waals surface area contributed by atoms with E-state index in [0.717, 1.165) is 11.3 Å². The predicted molar refractivity (Wildman–Crippen MR) is 89.1 cm³/mol. The molecule has 0 unspecified atom stereocenters. The van der Waals surface area contributed by atoms with Gasteiger partial charge >= 0.3 is 5.97 Å². The molecule has 2 rings (SSSR count). The van der Waals surface area contributed by atoms with E-state index in [1.807, 2.05) is 44.2 Å². The van der Waals surface area contributed by atoms with Crippen molar-refractivity contribution in [3.8, 4) is 5.75 Å². The highest BCUT2D eigenvalue weighted by Gasteiger charge is 2.30. The molecule has 1 atom stereocenters. The topological polar surface area (TPSA) is 55.8 Å². The van der Waals surface area contributed by atoms with E-state index in [-0.39, 0.29) is 11.9 Å². The minimum atomic E-state index is -0.566. The van der Waals surface area contributed by atoms with Crippen molar-refractivity contribution >= 4 is 11.9 Å². The summed E-state index contributed by atoms with van der Waals surface area (Å²) in [6.07, 6.45) is 4.44. The molecule has 0 N–H and O–H groups in total. The summed E-state index contributed by atoms with van der Waals surface area (Å²) in [5.41, 5.74) is 0.944. The fraction of sp³-hybridized carbons (Fsp3) is 0.444. The van der Waals surface area contributed by atoms with Crippen LogP contribution in [0.5, 0.6) is 5.75 Å². The van der Waals surface area contributed by atoms with E-state index in [1.54, 1.807) is 18.1 Å². The highest BCUT2D eigenvalue weighted by molar-refractivity contribution is 5.86. The van der Waals surface area contributed by atoms with E-state index in [1.165, 1.54) is 7.11 Å². The average Bonchev–Trinajstić information content (AvgIpc) is 2.79. The molecule has 5 heteroatoms. The Kier molecular flexibility index (Phi) is 7.88. The molecule has 0 bridgehead atoms. The fourth-order valence-corrected chi connectivity index (χ4v) is 2.31. The summed E-state index contributed by atoms with van der Waals surface area (Å²) in [5.74, 6) is 0.297. The van der Waals surface area contributed by atoms with Gasteiger partial charge < -0.3 is 14.4 Å². The summed E-state index contributed by atoms with van der Waals surface area (Å²) in [5, 5.41) is 0. The summed E-state index contributed by atoms with van der Waals surface area (Å²) in [4.78, 5) is 25.7. The summed E-state index contributed by atoms with van der Waals surface area (Å²) in [6.45, 7) is 4.38. The Morgan fingerprint density at radius 2 is 1.83 bits per heavy atom. The van der Waals surface area contributed by atoms with Crippen LogP contribution >= 0.6 is 0 Å². The Morgan fingerprint density at radius 1 is 1.17 bits per heavy atom. The highest BCUT2D eigenvalue weighted by atomic mass is 16.5. The van der Waals surface area contributed by atoms with Gasteiger partial charge in [-0.3, -0.25) is 4.79 Å². The normalized spacial score (nSPS) is 17.0. The molecule has 23 heavy (non-hydrogen) atoms. The number of hydrogen-bond donors (Lipinski definition) is 0. The third-order valence-corrected chi connectivity index (χ3v) is 3.50. The Morgan fingerprint density at radius 3 is 2.39 bits per heavy atom. The van der Waals surface area contributed by atoms with Crippen molar-refractivity contribution < 1.29 is 19.1 Å². The second kappa shape index (κ2) is 9.66. The lowest BCUT2D eigenvalue weighted by atomic mass is 10.1. The van der Waals surface area contributed by atoms with Crippen LogP contribution in [0.4, 0.5) is 0 Å². The maximum Gasteiger partial charge on any atom is 0.328 e. The lowest BCUT2D eigenvalue weighted by Crippen LogP contribution is -2.44. The molecule has 126 valence electrons. The smallest absolute Gasteiger partial charge is 0.328 e. The van der Waals surface area contributed by atoms with Crippen molar-refractivity contribution in [3.05, 3.63) is 42.0 Å². The van der Waals surface area contributed by atoms with Crippen molar-refractivity contribution in [2.75, 3.05) is 14.2 Å². The molecule has 1 aromatic carbocycles. The second-order valence-corrected chi connectivity index (χ2v) is 4.82. The quantitative estimate of drug-likeness (QED) is 0.632. The van der Waals surface area contributed by atoms with E-state index in [2.05, 4.69) is 0 Å². The lowest BCUT2D eigenvalue weighted by Gasteiger charge is -2.28. The van der Waals surface area contributed by atoms with Gasteiger partial charge in [0.25, 0.3) is 0 Å². The number of methoxy groups -OCH3 is 2. The monoisotopic (exact) mass is 319 g/mol. The lowest BCUT2D eigenvalue weighted by molar-refractivity contribution is -0.152. The Bertz CT molecular complexity index is 536. The zero-order chi connectivity index (χ0) is 17.2. The van der Waals surface area contributed by atoms with Gasteiger partial charge in [-0.25, -0.2) is 4.79 Å². The largest absolute Gasteiger partial charge is 0.497 e. The van der Waals surface area contributed by atoms with Crippen molar-refractivity contribution in [2.45, 2.75) is 39.3 Å².